The summed E-state index contributed by atoms with van der Waals surface area (Å²) < 4.78 is 0. The summed E-state index contributed by atoms with van der Waals surface area (Å²) in [5.41, 5.74) is 9.16. The zero-order chi connectivity index (χ0) is 21.6. The first kappa shape index (κ1) is 22.2. The van der Waals surface area contributed by atoms with Gasteiger partial charge < -0.3 is 5.32 Å². The molecule has 0 N–H and O–H groups in total. The van der Waals surface area contributed by atoms with Crippen LogP contribution in [-0.2, 0) is 17.0 Å². The molecule has 0 amide bonds. The number of hydrogen-bond donors (Lipinski definition) is 0. The van der Waals surface area contributed by atoms with E-state index in [9.17, 15) is 0 Å². The summed E-state index contributed by atoms with van der Waals surface area (Å²) in [6.07, 6.45) is 0. The standard InChI is InChI=1S/C27H22N.2ClH.Ti/c1-19(28-20-11-3-2-4-12-20)21-13-5-8-16-24(21)27-25-17-9-6-14-22(25)23-15-7-10-18-26(23)27;;;/h2-19,27H,1H3;2*1H;/q-1;;;+2/p-2. The Labute approximate surface area is 201 Å². The molecule has 0 saturated heterocycles. The summed E-state index contributed by atoms with van der Waals surface area (Å²) in [5.74, 6) is 0.261. The molecule has 0 saturated carbocycles. The van der Waals surface area contributed by atoms with Crippen LogP contribution in [0.4, 0.5) is 5.69 Å². The van der Waals surface area contributed by atoms with Crippen LogP contribution in [0, 0.1) is 0 Å². The number of nitrogens with zero attached hydrogens (tertiary/aromatic N) is 1. The molecular weight excluding hydrogens is 457 g/mol. The molecule has 5 rings (SSSR count). The van der Waals surface area contributed by atoms with Gasteiger partial charge in [-0.3, -0.25) is 0 Å². The maximum absolute atomic E-state index is 4.97. The molecule has 0 aliphatic heterocycles. The van der Waals surface area contributed by atoms with Crippen LogP contribution in [0.2, 0.25) is 0 Å². The third kappa shape index (κ3) is 4.76. The van der Waals surface area contributed by atoms with Crippen molar-refractivity contribution in [1.29, 1.82) is 0 Å². The molecule has 4 aromatic rings. The molecule has 154 valence electrons. The first-order valence-electron chi connectivity index (χ1n) is 10.2. The number of benzene rings is 4. The van der Waals surface area contributed by atoms with Gasteiger partial charge in [-0.15, -0.1) is 5.69 Å². The molecule has 0 radical (unpaired) electrons. The Balaban J connectivity index is 0.000000730. The predicted molar refractivity (Wildman–Crippen MR) is 129 cm³/mol. The zero-order valence-corrected chi connectivity index (χ0v) is 20.2. The topological polar surface area (TPSA) is 14.1 Å². The number of fused-ring (bicyclic) bond motifs is 3. The van der Waals surface area contributed by atoms with Gasteiger partial charge in [0, 0.05) is 5.92 Å². The molecule has 4 heteroatoms. The molecule has 31 heavy (non-hydrogen) atoms. The molecule has 1 unspecified atom stereocenters. The summed E-state index contributed by atoms with van der Waals surface area (Å²) in [6, 6.07) is 36.7. The summed E-state index contributed by atoms with van der Waals surface area (Å²) in [4.78, 5) is 0. The van der Waals surface area contributed by atoms with Crippen LogP contribution in [0.25, 0.3) is 16.4 Å². The van der Waals surface area contributed by atoms with Gasteiger partial charge in [-0.1, -0.05) is 122 Å². The van der Waals surface area contributed by atoms with Gasteiger partial charge in [0.25, 0.3) is 0 Å². The van der Waals surface area contributed by atoms with Gasteiger partial charge in [0.1, 0.15) is 0 Å². The maximum atomic E-state index is 4.97. The van der Waals surface area contributed by atoms with Crippen LogP contribution in [0.5, 0.6) is 0 Å². The second-order valence-electron chi connectivity index (χ2n) is 7.45. The van der Waals surface area contributed by atoms with E-state index in [-0.39, 0.29) is 12.0 Å². The molecule has 0 aromatic heterocycles. The molecule has 1 nitrogen and oxygen atoms in total. The second kappa shape index (κ2) is 10.5. The third-order valence-electron chi connectivity index (χ3n) is 5.69. The SMILES string of the molecule is CC([N-]c1ccccc1)c1ccccc1C1c2ccccc2-c2ccccc21.[Cl][Ti][Cl]. The van der Waals surface area contributed by atoms with Gasteiger partial charge in [0.05, 0.1) is 0 Å². The van der Waals surface area contributed by atoms with E-state index < -0.39 is 17.0 Å². The van der Waals surface area contributed by atoms with E-state index in [0.717, 1.165) is 5.69 Å². The van der Waals surface area contributed by atoms with E-state index in [1.807, 2.05) is 18.2 Å². The molecule has 0 bridgehead atoms. The molecule has 1 aliphatic rings. The average Bonchev–Trinajstić information content (AvgIpc) is 3.15. The van der Waals surface area contributed by atoms with Crippen LogP contribution in [0.1, 0.15) is 41.1 Å². The number of para-hydroxylation sites is 1. The Hall–Kier alpha value is -2.03. The fourth-order valence-electron chi connectivity index (χ4n) is 4.45. The van der Waals surface area contributed by atoms with Gasteiger partial charge >= 0.3 is 35.6 Å². The predicted octanol–water partition coefficient (Wildman–Crippen LogP) is 8.99. The average molecular weight is 479 g/mol. The van der Waals surface area contributed by atoms with Crippen LogP contribution in [0.15, 0.2) is 103 Å². The number of hydrogen-bond acceptors (Lipinski definition) is 0. The van der Waals surface area contributed by atoms with Gasteiger partial charge in [-0.25, -0.2) is 0 Å². The third-order valence-corrected chi connectivity index (χ3v) is 5.69. The minimum absolute atomic E-state index is 0.0959. The van der Waals surface area contributed by atoms with Gasteiger partial charge in [-0.2, -0.15) is 0 Å². The summed E-state index contributed by atoms with van der Waals surface area (Å²) in [6.45, 7) is 2.19. The quantitative estimate of drug-likeness (QED) is 0.229. The molecule has 0 spiro atoms. The Kier molecular flexibility index (Phi) is 7.53. The van der Waals surface area contributed by atoms with E-state index in [1.165, 1.54) is 33.4 Å². The van der Waals surface area contributed by atoms with Crippen LogP contribution in [-0.4, -0.2) is 0 Å². The summed E-state index contributed by atoms with van der Waals surface area (Å²) >= 11 is -0.556. The van der Waals surface area contributed by atoms with Crippen molar-refractivity contribution in [2.75, 3.05) is 0 Å². The summed E-state index contributed by atoms with van der Waals surface area (Å²) in [5, 5.41) is 4.97. The van der Waals surface area contributed by atoms with Gasteiger partial charge in [0.15, 0.2) is 0 Å². The van der Waals surface area contributed by atoms with Gasteiger partial charge in [0.2, 0.25) is 0 Å². The van der Waals surface area contributed by atoms with Crippen LogP contribution in [0.3, 0.4) is 0 Å². The molecule has 1 atom stereocenters. The molecule has 4 aromatic carbocycles. The molecule has 1 aliphatic carbocycles. The van der Waals surface area contributed by atoms with Crippen molar-refractivity contribution in [3.8, 4) is 11.1 Å². The molecule has 0 fully saturated rings. The molecular formula is C27H22Cl2NTi-. The van der Waals surface area contributed by atoms with Crippen molar-refractivity contribution in [3.05, 3.63) is 131 Å². The van der Waals surface area contributed by atoms with Crippen molar-refractivity contribution in [1.82, 2.24) is 0 Å². The Morgan fingerprint density at radius 1 is 0.645 bits per heavy atom. The minimum atomic E-state index is -0.556. The van der Waals surface area contributed by atoms with Crippen LogP contribution >= 0.6 is 18.6 Å². The molecule has 0 heterocycles. The van der Waals surface area contributed by atoms with Crippen molar-refractivity contribution in [2.24, 2.45) is 0 Å². The summed E-state index contributed by atoms with van der Waals surface area (Å²) in [7, 11) is 9.78. The Morgan fingerprint density at radius 2 is 1.10 bits per heavy atom. The monoisotopic (exact) mass is 478 g/mol. The normalized spacial score (nSPS) is 12.7. The zero-order valence-electron chi connectivity index (χ0n) is 17.2. The van der Waals surface area contributed by atoms with Crippen molar-refractivity contribution >= 4 is 24.3 Å². The first-order chi connectivity index (χ1) is 15.2. The number of rotatable bonds is 4. The van der Waals surface area contributed by atoms with E-state index in [0.29, 0.717) is 0 Å². The fourth-order valence-corrected chi connectivity index (χ4v) is 4.45. The fraction of sp³-hybridized carbons (Fsp3) is 0.111. The van der Waals surface area contributed by atoms with E-state index in [4.69, 9.17) is 23.9 Å². The first-order valence-corrected chi connectivity index (χ1v) is 14.5. The Bertz CT molecular complexity index is 1100. The van der Waals surface area contributed by atoms with Crippen LogP contribution < -0.4 is 0 Å². The van der Waals surface area contributed by atoms with E-state index in [2.05, 4.69) is 91.9 Å². The van der Waals surface area contributed by atoms with Crippen molar-refractivity contribution in [3.63, 3.8) is 0 Å². The second-order valence-corrected chi connectivity index (χ2v) is 10.0. The van der Waals surface area contributed by atoms with Gasteiger partial charge in [-0.05, 0) is 27.8 Å². The van der Waals surface area contributed by atoms with Crippen molar-refractivity contribution in [2.45, 2.75) is 18.9 Å². The number of halogens is 2. The van der Waals surface area contributed by atoms with E-state index >= 15 is 0 Å². The van der Waals surface area contributed by atoms with Crippen molar-refractivity contribution < 1.29 is 17.0 Å². The van der Waals surface area contributed by atoms with E-state index in [1.54, 1.807) is 0 Å². The Morgan fingerprint density at radius 3 is 1.68 bits per heavy atom.